The van der Waals surface area contributed by atoms with Crippen LogP contribution in [-0.4, -0.2) is 58.7 Å². The SMILES string of the molecule is CCCCCCCCOC(=O)CCCCCCCN(CCCCCCCC(=O)OC(CCCCCCCC)CCCCCCCC)CCCn1ccc(=O)[nH]c1=O. The van der Waals surface area contributed by atoms with Gasteiger partial charge in [-0.2, -0.15) is 0 Å². The van der Waals surface area contributed by atoms with Crippen molar-refractivity contribution in [2.24, 2.45) is 0 Å². The highest BCUT2D eigenvalue weighted by molar-refractivity contribution is 5.69. The number of aryl methyl sites for hydroxylation is 1. The van der Waals surface area contributed by atoms with E-state index < -0.39 is 0 Å². The average Bonchev–Trinajstić information content (AvgIpc) is 3.19. The molecule has 0 saturated carbocycles. The maximum Gasteiger partial charge on any atom is 0.328 e. The van der Waals surface area contributed by atoms with Crippen molar-refractivity contribution in [1.29, 1.82) is 0 Å². The summed E-state index contributed by atoms with van der Waals surface area (Å²) in [6.07, 6.45) is 38.6. The third-order valence-electron chi connectivity index (χ3n) is 11.3. The van der Waals surface area contributed by atoms with Crippen LogP contribution in [0.2, 0.25) is 0 Å². The smallest absolute Gasteiger partial charge is 0.328 e. The molecule has 1 heterocycles. The Morgan fingerprint density at radius 2 is 1.00 bits per heavy atom. The molecule has 0 saturated heterocycles. The molecule has 0 spiro atoms. The number of carbonyl (C=O) groups is 2. The van der Waals surface area contributed by atoms with Crippen molar-refractivity contribution in [1.82, 2.24) is 14.5 Å². The second-order valence-corrected chi connectivity index (χ2v) is 16.7. The summed E-state index contributed by atoms with van der Waals surface area (Å²) in [6, 6.07) is 1.40. The lowest BCUT2D eigenvalue weighted by Gasteiger charge is -2.22. The van der Waals surface area contributed by atoms with E-state index in [0.29, 0.717) is 26.0 Å². The number of ether oxygens (including phenoxy) is 2. The van der Waals surface area contributed by atoms with Crippen LogP contribution in [0.25, 0.3) is 0 Å². The van der Waals surface area contributed by atoms with Crippen LogP contribution in [0, 0.1) is 0 Å². The third kappa shape index (κ3) is 33.1. The van der Waals surface area contributed by atoms with Gasteiger partial charge in [-0.05, 0) is 83.8 Å². The molecule has 1 aromatic rings. The van der Waals surface area contributed by atoms with E-state index in [-0.39, 0.29) is 29.3 Å². The molecule has 0 amide bonds. The largest absolute Gasteiger partial charge is 0.466 e. The van der Waals surface area contributed by atoms with Crippen LogP contribution in [0.5, 0.6) is 0 Å². The zero-order valence-electron chi connectivity index (χ0n) is 37.4. The van der Waals surface area contributed by atoms with Crippen molar-refractivity contribution in [3.8, 4) is 0 Å². The summed E-state index contributed by atoms with van der Waals surface area (Å²) in [6.45, 7) is 10.8. The molecule has 0 aliphatic heterocycles. The van der Waals surface area contributed by atoms with Gasteiger partial charge in [0, 0.05) is 31.6 Å². The molecule has 0 atom stereocenters. The number of nitrogens with one attached hydrogen (secondary N) is 1. The molecule has 0 aliphatic rings. The Hall–Kier alpha value is -2.42. The summed E-state index contributed by atoms with van der Waals surface area (Å²) in [5.74, 6) is -0.0596. The second kappa shape index (κ2) is 39.1. The fourth-order valence-corrected chi connectivity index (χ4v) is 7.64. The predicted molar refractivity (Wildman–Crippen MR) is 238 cm³/mol. The molecule has 332 valence electrons. The minimum absolute atomic E-state index is 0.00632. The van der Waals surface area contributed by atoms with Crippen LogP contribution in [-0.2, 0) is 25.6 Å². The highest BCUT2D eigenvalue weighted by atomic mass is 16.5. The third-order valence-corrected chi connectivity index (χ3v) is 11.3. The molecular formula is C48H89N3O6. The molecule has 0 aliphatic carbocycles. The second-order valence-electron chi connectivity index (χ2n) is 16.7. The number of esters is 2. The van der Waals surface area contributed by atoms with Gasteiger partial charge < -0.3 is 18.9 Å². The molecule has 1 N–H and O–H groups in total. The maximum absolute atomic E-state index is 12.8. The zero-order valence-corrected chi connectivity index (χ0v) is 37.4. The number of hydrogen-bond acceptors (Lipinski definition) is 7. The quantitative estimate of drug-likeness (QED) is 0.0517. The van der Waals surface area contributed by atoms with Gasteiger partial charge >= 0.3 is 17.6 Å². The van der Waals surface area contributed by atoms with Crippen molar-refractivity contribution in [3.05, 3.63) is 33.1 Å². The minimum atomic E-state index is -0.365. The van der Waals surface area contributed by atoms with Crippen LogP contribution < -0.4 is 11.2 Å². The first-order valence-corrected chi connectivity index (χ1v) is 24.3. The van der Waals surface area contributed by atoms with E-state index in [0.717, 1.165) is 129 Å². The van der Waals surface area contributed by atoms with Crippen LogP contribution in [0.15, 0.2) is 21.9 Å². The lowest BCUT2D eigenvalue weighted by Crippen LogP contribution is -2.31. The van der Waals surface area contributed by atoms with Gasteiger partial charge in [0.25, 0.3) is 5.56 Å². The molecule has 1 aromatic heterocycles. The van der Waals surface area contributed by atoms with Gasteiger partial charge in [-0.25, -0.2) is 4.79 Å². The first-order chi connectivity index (χ1) is 27.9. The molecule has 9 nitrogen and oxygen atoms in total. The predicted octanol–water partition coefficient (Wildman–Crippen LogP) is 12.2. The highest BCUT2D eigenvalue weighted by Gasteiger charge is 2.14. The fourth-order valence-electron chi connectivity index (χ4n) is 7.64. The number of hydrogen-bond donors (Lipinski definition) is 1. The lowest BCUT2D eigenvalue weighted by molar-refractivity contribution is -0.150. The highest BCUT2D eigenvalue weighted by Crippen LogP contribution is 2.18. The Labute approximate surface area is 349 Å². The molecule has 0 radical (unpaired) electrons. The van der Waals surface area contributed by atoms with E-state index in [4.69, 9.17) is 9.47 Å². The van der Waals surface area contributed by atoms with Gasteiger partial charge in [0.1, 0.15) is 6.10 Å². The Morgan fingerprint density at radius 3 is 1.53 bits per heavy atom. The summed E-state index contributed by atoms with van der Waals surface area (Å²) >= 11 is 0. The van der Waals surface area contributed by atoms with Gasteiger partial charge in [0.15, 0.2) is 0 Å². The van der Waals surface area contributed by atoms with Crippen LogP contribution >= 0.6 is 0 Å². The molecule has 0 unspecified atom stereocenters. The number of aromatic nitrogens is 2. The van der Waals surface area contributed by atoms with Gasteiger partial charge in [-0.3, -0.25) is 19.4 Å². The van der Waals surface area contributed by atoms with Crippen molar-refractivity contribution in [3.63, 3.8) is 0 Å². The number of rotatable bonds is 42. The van der Waals surface area contributed by atoms with Crippen LogP contribution in [0.1, 0.15) is 233 Å². The first-order valence-electron chi connectivity index (χ1n) is 24.3. The first kappa shape index (κ1) is 52.6. The summed E-state index contributed by atoms with van der Waals surface area (Å²) in [5, 5.41) is 0. The number of unbranched alkanes of at least 4 members (excludes halogenated alkanes) is 23. The zero-order chi connectivity index (χ0) is 41.4. The maximum atomic E-state index is 12.8. The minimum Gasteiger partial charge on any atom is -0.466 e. The summed E-state index contributed by atoms with van der Waals surface area (Å²) < 4.78 is 13.1. The molecule has 57 heavy (non-hydrogen) atoms. The average molecular weight is 804 g/mol. The summed E-state index contributed by atoms with van der Waals surface area (Å²) in [7, 11) is 0. The van der Waals surface area contributed by atoms with Crippen LogP contribution in [0.4, 0.5) is 0 Å². The van der Waals surface area contributed by atoms with Gasteiger partial charge in [-0.1, -0.05) is 156 Å². The van der Waals surface area contributed by atoms with E-state index in [9.17, 15) is 19.2 Å². The molecule has 0 bridgehead atoms. The van der Waals surface area contributed by atoms with E-state index >= 15 is 0 Å². The number of aromatic amines is 1. The lowest BCUT2D eigenvalue weighted by atomic mass is 10.0. The summed E-state index contributed by atoms with van der Waals surface area (Å²) in [4.78, 5) is 53.4. The Kier molecular flexibility index (Phi) is 36.0. The fraction of sp³-hybridized carbons (Fsp3) is 0.875. The topological polar surface area (TPSA) is 111 Å². The Balaban J connectivity index is 2.36. The molecule has 0 aromatic carbocycles. The van der Waals surface area contributed by atoms with E-state index in [1.54, 1.807) is 10.8 Å². The van der Waals surface area contributed by atoms with Crippen molar-refractivity contribution in [2.45, 2.75) is 245 Å². The monoisotopic (exact) mass is 804 g/mol. The van der Waals surface area contributed by atoms with Gasteiger partial charge in [0.05, 0.1) is 6.61 Å². The van der Waals surface area contributed by atoms with Crippen molar-refractivity contribution in [2.75, 3.05) is 26.2 Å². The number of carbonyl (C=O) groups excluding carboxylic acids is 2. The van der Waals surface area contributed by atoms with Crippen molar-refractivity contribution < 1.29 is 19.1 Å². The number of H-pyrrole nitrogens is 1. The molecule has 0 fully saturated rings. The molecule has 9 heteroatoms. The Morgan fingerprint density at radius 1 is 0.561 bits per heavy atom. The van der Waals surface area contributed by atoms with E-state index in [1.165, 1.54) is 96.0 Å². The number of nitrogens with zero attached hydrogens (tertiary/aromatic N) is 2. The summed E-state index contributed by atoms with van der Waals surface area (Å²) in [5.41, 5.74) is -0.716. The van der Waals surface area contributed by atoms with E-state index in [1.807, 2.05) is 0 Å². The standard InChI is InChI=1S/C48H89N3O6/c1-4-7-10-13-18-25-33-44(34-26-19-14-11-8-5-2)57-47(54)36-28-21-17-23-30-39-50(40-32-41-51-42-37-45(52)49-48(51)55)38-29-22-16-20-27-35-46(53)56-43-31-24-15-12-9-6-3/h37,42,44H,4-36,38-41,43H2,1-3H3,(H,49,52,55). The van der Waals surface area contributed by atoms with Gasteiger partial charge in [-0.15, -0.1) is 0 Å². The van der Waals surface area contributed by atoms with Crippen molar-refractivity contribution >= 4 is 11.9 Å². The molecule has 1 rings (SSSR count). The normalized spacial score (nSPS) is 11.5. The Bertz CT molecular complexity index is 1170. The van der Waals surface area contributed by atoms with Gasteiger partial charge in [0.2, 0.25) is 0 Å². The van der Waals surface area contributed by atoms with E-state index in [2.05, 4.69) is 30.7 Å². The molecular weight excluding hydrogens is 715 g/mol. The van der Waals surface area contributed by atoms with Crippen LogP contribution in [0.3, 0.4) is 0 Å².